The zero-order chi connectivity index (χ0) is 41.4. The van der Waals surface area contributed by atoms with Crippen LogP contribution in [0.4, 0.5) is 0 Å². The van der Waals surface area contributed by atoms with Crippen LogP contribution in [0, 0.1) is 0 Å². The zero-order valence-electron chi connectivity index (χ0n) is 34.4. The number of fused-ring (bicyclic) bond motifs is 6. The average molecular weight is 802 g/mol. The van der Waals surface area contributed by atoms with Crippen LogP contribution in [0.3, 0.4) is 0 Å². The van der Waals surface area contributed by atoms with Gasteiger partial charge in [0, 0.05) is 52.3 Å². The van der Waals surface area contributed by atoms with Crippen LogP contribution in [-0.4, -0.2) is 13.7 Å². The summed E-state index contributed by atoms with van der Waals surface area (Å²) in [5.41, 5.74) is 10.2. The van der Waals surface area contributed by atoms with Crippen molar-refractivity contribution >= 4 is 64.6 Å². The molecular weight excluding hydrogens is 763 g/mol. The number of aromatic nitrogens is 3. The molecule has 3 heteroatoms. The molecule has 0 spiro atoms. The van der Waals surface area contributed by atoms with Gasteiger partial charge in [-0.25, -0.2) is 0 Å². The fourth-order valence-corrected chi connectivity index (χ4v) is 10.0. The molecule has 10 aromatic carbocycles. The molecule has 0 fully saturated rings. The van der Waals surface area contributed by atoms with E-state index in [1.165, 1.54) is 81.3 Å². The van der Waals surface area contributed by atoms with Crippen molar-refractivity contribution in [3.63, 3.8) is 0 Å². The lowest BCUT2D eigenvalue weighted by molar-refractivity contribution is 1.02. The maximum absolute atomic E-state index is 2.36. The molecule has 0 N–H and O–H groups in total. The van der Waals surface area contributed by atoms with Crippen molar-refractivity contribution in [2.75, 3.05) is 0 Å². The van der Waals surface area contributed by atoms with Gasteiger partial charge in [-0.1, -0.05) is 127 Å². The van der Waals surface area contributed by atoms with Gasteiger partial charge in [0.2, 0.25) is 0 Å². The predicted molar refractivity (Wildman–Crippen MR) is 266 cm³/mol. The van der Waals surface area contributed by atoms with Gasteiger partial charge in [0.15, 0.2) is 0 Å². The maximum Gasteiger partial charge on any atom is 0.0534 e. The van der Waals surface area contributed by atoms with Gasteiger partial charge in [-0.3, -0.25) is 0 Å². The van der Waals surface area contributed by atoms with Crippen molar-refractivity contribution in [2.24, 2.45) is 0 Å². The largest absolute Gasteiger partial charge is 0.316 e. The molecule has 3 heterocycles. The molecular formula is C60H39N3. The summed E-state index contributed by atoms with van der Waals surface area (Å²) in [7, 11) is 0. The highest BCUT2D eigenvalue weighted by Gasteiger charge is 2.18. The Morgan fingerprint density at radius 3 is 0.778 bits per heavy atom. The second kappa shape index (κ2) is 14.1. The van der Waals surface area contributed by atoms with Gasteiger partial charge < -0.3 is 13.7 Å². The Labute approximate surface area is 364 Å². The van der Waals surface area contributed by atoms with Gasteiger partial charge in [0.1, 0.15) is 0 Å². The van der Waals surface area contributed by atoms with Crippen molar-refractivity contribution < 1.29 is 0 Å². The van der Waals surface area contributed by atoms with Crippen molar-refractivity contribution in [3.8, 4) is 50.8 Å². The highest BCUT2D eigenvalue weighted by atomic mass is 15.0. The third-order valence-electron chi connectivity index (χ3n) is 13.0. The molecule has 3 aromatic heterocycles. The van der Waals surface area contributed by atoms with Crippen LogP contribution in [0.25, 0.3) is 115 Å². The third kappa shape index (κ3) is 5.82. The van der Waals surface area contributed by atoms with Crippen LogP contribution >= 0.6 is 0 Å². The monoisotopic (exact) mass is 801 g/mol. The summed E-state index contributed by atoms with van der Waals surface area (Å²) in [6.45, 7) is 0. The summed E-state index contributed by atoms with van der Waals surface area (Å²) in [6.07, 6.45) is 6.62. The number of hydrogen-bond acceptors (Lipinski definition) is 0. The molecule has 13 aromatic rings. The van der Waals surface area contributed by atoms with Gasteiger partial charge in [-0.2, -0.15) is 0 Å². The van der Waals surface area contributed by atoms with Crippen molar-refractivity contribution in [3.05, 3.63) is 237 Å². The van der Waals surface area contributed by atoms with E-state index < -0.39 is 0 Å². The van der Waals surface area contributed by atoms with Crippen LogP contribution in [0.2, 0.25) is 0 Å². The highest BCUT2D eigenvalue weighted by Crippen LogP contribution is 2.39. The SMILES string of the molecule is c1ccc2cc3c(-c4cccn4-c4cc(-n5cccc5-c5cccc6cc7ccccc7cc56)cc(-n5cccc5-c5cccc6cc7ccccc7cc56)c4)cccc3cc2c1. The molecule has 63 heavy (non-hydrogen) atoms. The standard InChI is InChI=1S/C60H39N3/c1-4-16-43-34-55-46(31-40(43)13-1)19-7-22-52(55)58-25-10-28-61(58)49-37-50(62-29-11-26-59(62)53-23-8-20-47-32-41-14-2-5-17-44(41)35-56(47)53)39-51(38-49)63-30-12-27-60(63)54-24-9-21-48-33-42-15-3-6-18-45(42)36-57(48)54/h1-39H. The number of nitrogens with zero attached hydrogens (tertiary/aromatic N) is 3. The number of benzene rings is 10. The van der Waals surface area contributed by atoms with Crippen molar-refractivity contribution in [1.82, 2.24) is 13.7 Å². The van der Waals surface area contributed by atoms with E-state index in [2.05, 4.69) is 251 Å². The molecule has 0 saturated carbocycles. The van der Waals surface area contributed by atoms with Crippen LogP contribution in [-0.2, 0) is 0 Å². The van der Waals surface area contributed by atoms with Crippen LogP contribution < -0.4 is 0 Å². The van der Waals surface area contributed by atoms with Crippen LogP contribution in [0.5, 0.6) is 0 Å². The van der Waals surface area contributed by atoms with E-state index in [0.29, 0.717) is 0 Å². The molecule has 0 amide bonds. The minimum atomic E-state index is 1.08. The Morgan fingerprint density at radius 1 is 0.206 bits per heavy atom. The Bertz CT molecular complexity index is 3510. The lowest BCUT2D eigenvalue weighted by atomic mass is 9.98. The summed E-state index contributed by atoms with van der Waals surface area (Å²) < 4.78 is 7.08. The molecule has 0 unspecified atom stereocenters. The van der Waals surface area contributed by atoms with Gasteiger partial charge in [-0.15, -0.1) is 0 Å². The molecule has 0 aliphatic heterocycles. The van der Waals surface area contributed by atoms with E-state index in [-0.39, 0.29) is 0 Å². The summed E-state index contributed by atoms with van der Waals surface area (Å²) in [5, 5.41) is 14.9. The molecule has 13 rings (SSSR count). The van der Waals surface area contributed by atoms with E-state index >= 15 is 0 Å². The summed E-state index contributed by atoms with van der Waals surface area (Å²) in [5.74, 6) is 0. The second-order valence-corrected chi connectivity index (χ2v) is 16.7. The van der Waals surface area contributed by atoms with Crippen LogP contribution in [0.1, 0.15) is 0 Å². The fraction of sp³-hybridized carbons (Fsp3) is 0. The average Bonchev–Trinajstić information content (AvgIpc) is 4.14. The molecule has 0 radical (unpaired) electrons. The molecule has 3 nitrogen and oxygen atoms in total. The van der Waals surface area contributed by atoms with Gasteiger partial charge >= 0.3 is 0 Å². The van der Waals surface area contributed by atoms with Gasteiger partial charge in [0.25, 0.3) is 0 Å². The first-order valence-corrected chi connectivity index (χ1v) is 21.6. The van der Waals surface area contributed by atoms with Crippen molar-refractivity contribution in [2.45, 2.75) is 0 Å². The quantitative estimate of drug-likeness (QED) is 0.149. The Morgan fingerprint density at radius 2 is 0.476 bits per heavy atom. The predicted octanol–water partition coefficient (Wildman–Crippen LogP) is 16.0. The fourth-order valence-electron chi connectivity index (χ4n) is 10.0. The lowest BCUT2D eigenvalue weighted by Crippen LogP contribution is -2.04. The first-order valence-electron chi connectivity index (χ1n) is 21.6. The zero-order valence-corrected chi connectivity index (χ0v) is 34.4. The minimum absolute atomic E-state index is 1.08. The highest BCUT2D eigenvalue weighted by molar-refractivity contribution is 6.07. The topological polar surface area (TPSA) is 14.8 Å². The maximum atomic E-state index is 2.36. The smallest absolute Gasteiger partial charge is 0.0534 e. The minimum Gasteiger partial charge on any atom is -0.316 e. The molecule has 0 aliphatic rings. The molecule has 0 saturated heterocycles. The first kappa shape index (κ1) is 35.4. The van der Waals surface area contributed by atoms with E-state index in [0.717, 1.165) is 34.1 Å². The lowest BCUT2D eigenvalue weighted by Gasteiger charge is -2.19. The summed E-state index contributed by atoms with van der Waals surface area (Å²) >= 11 is 0. The van der Waals surface area contributed by atoms with E-state index in [4.69, 9.17) is 0 Å². The molecule has 0 aliphatic carbocycles. The van der Waals surface area contributed by atoms with E-state index in [1.54, 1.807) is 0 Å². The molecule has 294 valence electrons. The molecule has 0 atom stereocenters. The number of rotatable bonds is 6. The summed E-state index contributed by atoms with van der Waals surface area (Å²) in [4.78, 5) is 0. The molecule has 0 bridgehead atoms. The van der Waals surface area contributed by atoms with Crippen molar-refractivity contribution in [1.29, 1.82) is 0 Å². The van der Waals surface area contributed by atoms with E-state index in [1.807, 2.05) is 0 Å². The van der Waals surface area contributed by atoms with Gasteiger partial charge in [-0.05, 0) is 156 Å². The second-order valence-electron chi connectivity index (χ2n) is 16.7. The van der Waals surface area contributed by atoms with E-state index in [9.17, 15) is 0 Å². The Hall–Kier alpha value is -8.40. The number of hydrogen-bond donors (Lipinski definition) is 0. The van der Waals surface area contributed by atoms with Gasteiger partial charge in [0.05, 0.1) is 17.1 Å². The Balaban J connectivity index is 1.03. The normalized spacial score (nSPS) is 11.8. The third-order valence-corrected chi connectivity index (χ3v) is 13.0. The summed E-state index contributed by atoms with van der Waals surface area (Å²) in [6, 6.07) is 80.2. The van der Waals surface area contributed by atoms with Crippen LogP contribution in [0.15, 0.2) is 237 Å². The Kier molecular flexibility index (Phi) is 7.91. The first-order chi connectivity index (χ1) is 31.2.